The maximum atomic E-state index is 10.2. The van der Waals surface area contributed by atoms with E-state index in [-0.39, 0.29) is 5.41 Å². The summed E-state index contributed by atoms with van der Waals surface area (Å²) in [5, 5.41) is 2.10. The van der Waals surface area contributed by atoms with Gasteiger partial charge in [-0.3, -0.25) is 0 Å². The number of aliphatic imine (C=N–C) groups is 1. The molecule has 14 heavy (non-hydrogen) atoms. The van der Waals surface area contributed by atoms with Gasteiger partial charge in [-0.2, -0.15) is 0 Å². The van der Waals surface area contributed by atoms with Crippen LogP contribution in [-0.2, 0) is 10.2 Å². The summed E-state index contributed by atoms with van der Waals surface area (Å²) in [6.07, 6.45) is 6.50. The summed E-state index contributed by atoms with van der Waals surface area (Å²) in [7, 11) is 0. The number of nitrogens with zero attached hydrogens (tertiary/aromatic N) is 1. The molecule has 1 fully saturated rings. The highest BCUT2D eigenvalue weighted by Gasteiger charge is 2.36. The lowest BCUT2D eigenvalue weighted by Gasteiger charge is -2.24. The van der Waals surface area contributed by atoms with Gasteiger partial charge in [-0.15, -0.1) is 11.3 Å². The molecule has 0 bridgehead atoms. The summed E-state index contributed by atoms with van der Waals surface area (Å²) >= 11 is 1.78. The summed E-state index contributed by atoms with van der Waals surface area (Å²) in [4.78, 5) is 15.4. The molecule has 1 saturated carbocycles. The SMILES string of the molecule is O=C=NCC1(c2cccs2)CCCC1. The average molecular weight is 207 g/mol. The van der Waals surface area contributed by atoms with E-state index in [4.69, 9.17) is 0 Å². The lowest BCUT2D eigenvalue weighted by molar-refractivity contribution is 0.460. The van der Waals surface area contributed by atoms with E-state index in [2.05, 4.69) is 22.5 Å². The first-order chi connectivity index (χ1) is 6.87. The highest BCUT2D eigenvalue weighted by atomic mass is 32.1. The molecule has 3 heteroatoms. The third-order valence-corrected chi connectivity index (χ3v) is 4.17. The van der Waals surface area contributed by atoms with Crippen molar-refractivity contribution in [2.45, 2.75) is 31.1 Å². The zero-order valence-electron chi connectivity index (χ0n) is 8.03. The van der Waals surface area contributed by atoms with Crippen LogP contribution in [0.2, 0.25) is 0 Å². The molecule has 0 aromatic carbocycles. The van der Waals surface area contributed by atoms with E-state index < -0.39 is 0 Å². The standard InChI is InChI=1S/C11H13NOS/c13-9-12-8-11(5-1-2-6-11)10-4-3-7-14-10/h3-4,7H,1-2,5-6,8H2. The van der Waals surface area contributed by atoms with Crippen LogP contribution in [0.15, 0.2) is 22.5 Å². The van der Waals surface area contributed by atoms with Gasteiger partial charge in [-0.05, 0) is 24.3 Å². The number of thiophene rings is 1. The van der Waals surface area contributed by atoms with Crippen molar-refractivity contribution >= 4 is 17.4 Å². The number of rotatable bonds is 3. The lowest BCUT2D eigenvalue weighted by atomic mass is 9.85. The van der Waals surface area contributed by atoms with Gasteiger partial charge in [-0.25, -0.2) is 9.79 Å². The Morgan fingerprint density at radius 2 is 2.29 bits per heavy atom. The Kier molecular flexibility index (Phi) is 2.80. The van der Waals surface area contributed by atoms with E-state index in [1.54, 1.807) is 17.4 Å². The molecule has 0 radical (unpaired) electrons. The topological polar surface area (TPSA) is 29.4 Å². The van der Waals surface area contributed by atoms with Crippen molar-refractivity contribution in [1.29, 1.82) is 0 Å². The Morgan fingerprint density at radius 1 is 1.50 bits per heavy atom. The van der Waals surface area contributed by atoms with Crippen molar-refractivity contribution < 1.29 is 4.79 Å². The monoisotopic (exact) mass is 207 g/mol. The maximum absolute atomic E-state index is 10.2. The molecule has 0 saturated heterocycles. The summed E-state index contributed by atoms with van der Waals surface area (Å²) in [5.74, 6) is 0. The molecule has 0 amide bonds. The zero-order chi connectivity index (χ0) is 9.86. The Labute approximate surface area is 87.7 Å². The molecule has 1 aliphatic rings. The number of carbonyl (C=O) groups excluding carboxylic acids is 1. The number of hydrogen-bond donors (Lipinski definition) is 0. The van der Waals surface area contributed by atoms with Crippen molar-refractivity contribution in [2.75, 3.05) is 6.54 Å². The minimum absolute atomic E-state index is 0.158. The molecule has 0 spiro atoms. The summed E-state index contributed by atoms with van der Waals surface area (Å²) < 4.78 is 0. The highest BCUT2D eigenvalue weighted by Crippen LogP contribution is 2.43. The van der Waals surface area contributed by atoms with Crippen LogP contribution in [-0.4, -0.2) is 12.6 Å². The second-order valence-corrected chi connectivity index (χ2v) is 4.82. The molecule has 1 heterocycles. The molecule has 2 rings (SSSR count). The van der Waals surface area contributed by atoms with Gasteiger partial charge in [0.05, 0.1) is 6.54 Å². The van der Waals surface area contributed by atoms with Gasteiger partial charge in [0.25, 0.3) is 0 Å². The minimum atomic E-state index is 0.158. The van der Waals surface area contributed by atoms with Crippen molar-refractivity contribution in [3.63, 3.8) is 0 Å². The first-order valence-corrected chi connectivity index (χ1v) is 5.83. The Bertz CT molecular complexity index is 332. The highest BCUT2D eigenvalue weighted by molar-refractivity contribution is 7.10. The van der Waals surface area contributed by atoms with Crippen LogP contribution in [0.3, 0.4) is 0 Å². The van der Waals surface area contributed by atoms with E-state index in [0.717, 1.165) is 0 Å². The zero-order valence-corrected chi connectivity index (χ0v) is 8.85. The van der Waals surface area contributed by atoms with Crippen LogP contribution < -0.4 is 0 Å². The van der Waals surface area contributed by atoms with E-state index in [0.29, 0.717) is 6.54 Å². The third kappa shape index (κ3) is 1.66. The predicted molar refractivity (Wildman–Crippen MR) is 57.5 cm³/mol. The van der Waals surface area contributed by atoms with Crippen LogP contribution in [0.4, 0.5) is 0 Å². The summed E-state index contributed by atoms with van der Waals surface area (Å²) in [5.41, 5.74) is 0.158. The molecule has 2 nitrogen and oxygen atoms in total. The predicted octanol–water partition coefficient (Wildman–Crippen LogP) is 2.90. The number of isocyanates is 1. The molecule has 74 valence electrons. The van der Waals surface area contributed by atoms with Crippen LogP contribution in [0.5, 0.6) is 0 Å². The Morgan fingerprint density at radius 3 is 2.86 bits per heavy atom. The first kappa shape index (κ1) is 9.63. The molecule has 1 aromatic rings. The maximum Gasteiger partial charge on any atom is 0.234 e. The average Bonchev–Trinajstić information content (AvgIpc) is 2.86. The molecule has 0 unspecified atom stereocenters. The molecule has 0 N–H and O–H groups in total. The Balaban J connectivity index is 2.26. The van der Waals surface area contributed by atoms with Gasteiger partial charge in [0.1, 0.15) is 0 Å². The van der Waals surface area contributed by atoms with Gasteiger partial charge in [-0.1, -0.05) is 18.9 Å². The number of hydrogen-bond acceptors (Lipinski definition) is 3. The van der Waals surface area contributed by atoms with E-state index >= 15 is 0 Å². The molecule has 1 aliphatic carbocycles. The summed E-state index contributed by atoms with van der Waals surface area (Å²) in [6.45, 7) is 0.622. The molecule has 0 aliphatic heterocycles. The fourth-order valence-electron chi connectivity index (χ4n) is 2.30. The molecule has 1 aromatic heterocycles. The molecule has 0 atom stereocenters. The Hall–Kier alpha value is -0.920. The van der Waals surface area contributed by atoms with Gasteiger partial charge < -0.3 is 0 Å². The fraction of sp³-hybridized carbons (Fsp3) is 0.545. The third-order valence-electron chi connectivity index (χ3n) is 3.05. The van der Waals surface area contributed by atoms with Crippen molar-refractivity contribution in [2.24, 2.45) is 4.99 Å². The van der Waals surface area contributed by atoms with E-state index in [1.807, 2.05) is 0 Å². The summed E-state index contributed by atoms with van der Waals surface area (Å²) in [6, 6.07) is 4.24. The van der Waals surface area contributed by atoms with Gasteiger partial charge >= 0.3 is 0 Å². The van der Waals surface area contributed by atoms with Crippen molar-refractivity contribution in [1.82, 2.24) is 0 Å². The van der Waals surface area contributed by atoms with Crippen molar-refractivity contribution in [3.8, 4) is 0 Å². The largest absolute Gasteiger partial charge is 0.234 e. The van der Waals surface area contributed by atoms with Crippen molar-refractivity contribution in [3.05, 3.63) is 22.4 Å². The molecular formula is C11H13NOS. The van der Waals surface area contributed by atoms with Crippen LogP contribution in [0.1, 0.15) is 30.6 Å². The normalized spacial score (nSPS) is 19.1. The van der Waals surface area contributed by atoms with E-state index in [9.17, 15) is 4.79 Å². The van der Waals surface area contributed by atoms with Crippen LogP contribution in [0.25, 0.3) is 0 Å². The van der Waals surface area contributed by atoms with Gasteiger partial charge in [0, 0.05) is 10.3 Å². The smallest absolute Gasteiger partial charge is 0.211 e. The second-order valence-electron chi connectivity index (χ2n) is 3.87. The molecular weight excluding hydrogens is 194 g/mol. The lowest BCUT2D eigenvalue weighted by Crippen LogP contribution is -2.24. The first-order valence-electron chi connectivity index (χ1n) is 4.95. The van der Waals surface area contributed by atoms with E-state index in [1.165, 1.54) is 30.6 Å². The second kappa shape index (κ2) is 4.07. The van der Waals surface area contributed by atoms with Gasteiger partial charge in [0.2, 0.25) is 6.08 Å². The van der Waals surface area contributed by atoms with Gasteiger partial charge in [0.15, 0.2) is 0 Å². The van der Waals surface area contributed by atoms with Crippen LogP contribution >= 0.6 is 11.3 Å². The van der Waals surface area contributed by atoms with Crippen LogP contribution in [0, 0.1) is 0 Å². The quantitative estimate of drug-likeness (QED) is 0.553. The minimum Gasteiger partial charge on any atom is -0.211 e. The fourth-order valence-corrected chi connectivity index (χ4v) is 3.28.